The summed E-state index contributed by atoms with van der Waals surface area (Å²) in [6.07, 6.45) is 6.97. The third-order valence-electron chi connectivity index (χ3n) is 5.64. The zero-order chi connectivity index (χ0) is 20.4. The van der Waals surface area contributed by atoms with Gasteiger partial charge in [-0.3, -0.25) is 19.7 Å². The smallest absolute Gasteiger partial charge is 0.255 e. The number of aryl methyl sites for hydroxylation is 3. The van der Waals surface area contributed by atoms with Gasteiger partial charge in [0.05, 0.1) is 12.0 Å². The van der Waals surface area contributed by atoms with Crippen molar-refractivity contribution in [2.75, 3.05) is 6.54 Å². The van der Waals surface area contributed by atoms with E-state index in [4.69, 9.17) is 5.73 Å². The first kappa shape index (κ1) is 19.3. The van der Waals surface area contributed by atoms with Crippen molar-refractivity contribution >= 4 is 17.7 Å². The van der Waals surface area contributed by atoms with Crippen LogP contribution in [0, 0.1) is 0 Å². The van der Waals surface area contributed by atoms with Crippen LogP contribution in [0.15, 0.2) is 30.7 Å². The van der Waals surface area contributed by atoms with Crippen LogP contribution < -0.4 is 11.1 Å². The summed E-state index contributed by atoms with van der Waals surface area (Å²) in [5, 5.41) is 2.34. The van der Waals surface area contributed by atoms with E-state index in [0.29, 0.717) is 25.1 Å². The lowest BCUT2D eigenvalue weighted by atomic mass is 9.99. The van der Waals surface area contributed by atoms with Gasteiger partial charge in [-0.05, 0) is 49.4 Å². The number of aromatic nitrogens is 2. The molecular formula is C21H25N5O3. The minimum absolute atomic E-state index is 0.137. The third kappa shape index (κ3) is 3.93. The monoisotopic (exact) mass is 395 g/mol. The molecule has 8 nitrogen and oxygen atoms in total. The van der Waals surface area contributed by atoms with Gasteiger partial charge in [0.15, 0.2) is 0 Å². The number of imide groups is 1. The van der Waals surface area contributed by atoms with Gasteiger partial charge >= 0.3 is 0 Å². The van der Waals surface area contributed by atoms with Crippen LogP contribution in [0.3, 0.4) is 0 Å². The second-order valence-electron chi connectivity index (χ2n) is 7.59. The number of nitrogens with zero attached hydrogens (tertiary/aromatic N) is 3. The number of fused-ring (bicyclic) bond motifs is 1. The molecule has 0 bridgehead atoms. The lowest BCUT2D eigenvalue weighted by molar-refractivity contribution is -0.136. The molecule has 2 aliphatic heterocycles. The molecule has 152 valence electrons. The lowest BCUT2D eigenvalue weighted by Gasteiger charge is -2.29. The number of carbonyl (C=O) groups excluding carboxylic acids is 3. The Labute approximate surface area is 169 Å². The van der Waals surface area contributed by atoms with Gasteiger partial charge in [0.2, 0.25) is 11.8 Å². The Morgan fingerprint density at radius 1 is 1.21 bits per heavy atom. The van der Waals surface area contributed by atoms with Crippen LogP contribution in [-0.2, 0) is 35.5 Å². The van der Waals surface area contributed by atoms with Gasteiger partial charge in [-0.15, -0.1) is 0 Å². The number of nitrogens with one attached hydrogen (secondary N) is 1. The van der Waals surface area contributed by atoms with E-state index < -0.39 is 6.04 Å². The maximum Gasteiger partial charge on any atom is 0.255 e. The second-order valence-corrected chi connectivity index (χ2v) is 7.59. The van der Waals surface area contributed by atoms with Crippen LogP contribution in [0.2, 0.25) is 0 Å². The van der Waals surface area contributed by atoms with Crippen LogP contribution >= 0.6 is 0 Å². The molecule has 1 unspecified atom stereocenters. The average Bonchev–Trinajstić information content (AvgIpc) is 3.30. The predicted octanol–water partition coefficient (Wildman–Crippen LogP) is 0.778. The van der Waals surface area contributed by atoms with Crippen LogP contribution in [-0.4, -0.2) is 44.8 Å². The predicted molar refractivity (Wildman–Crippen MR) is 106 cm³/mol. The Hall–Kier alpha value is -3.00. The van der Waals surface area contributed by atoms with Crippen molar-refractivity contribution in [3.63, 3.8) is 0 Å². The molecule has 3 heterocycles. The highest BCUT2D eigenvalue weighted by molar-refractivity contribution is 6.05. The largest absolute Gasteiger partial charge is 0.337 e. The number of hydrogen-bond acceptors (Lipinski definition) is 5. The Kier molecular flexibility index (Phi) is 5.44. The molecule has 1 aromatic heterocycles. The van der Waals surface area contributed by atoms with Gasteiger partial charge in [0.1, 0.15) is 6.04 Å². The first-order valence-electron chi connectivity index (χ1n) is 10.0. The number of benzene rings is 1. The summed E-state index contributed by atoms with van der Waals surface area (Å²) in [7, 11) is 0. The van der Waals surface area contributed by atoms with Crippen molar-refractivity contribution < 1.29 is 14.4 Å². The molecule has 3 amide bonds. The fourth-order valence-corrected chi connectivity index (χ4v) is 4.08. The number of nitrogens with two attached hydrogens (primary N) is 1. The van der Waals surface area contributed by atoms with Crippen molar-refractivity contribution in [2.45, 2.75) is 51.2 Å². The van der Waals surface area contributed by atoms with Crippen LogP contribution in [0.4, 0.5) is 0 Å². The Bertz CT molecular complexity index is 952. The molecule has 2 aliphatic rings. The summed E-state index contributed by atoms with van der Waals surface area (Å²) >= 11 is 0. The molecule has 1 fully saturated rings. The van der Waals surface area contributed by atoms with Crippen molar-refractivity contribution in [3.05, 3.63) is 53.1 Å². The molecule has 29 heavy (non-hydrogen) atoms. The zero-order valence-corrected chi connectivity index (χ0v) is 16.3. The quantitative estimate of drug-likeness (QED) is 0.673. The summed E-state index contributed by atoms with van der Waals surface area (Å²) in [5.74, 6) is -0.795. The molecule has 1 aromatic carbocycles. The highest BCUT2D eigenvalue weighted by Gasteiger charge is 2.39. The Morgan fingerprint density at radius 2 is 2.07 bits per heavy atom. The van der Waals surface area contributed by atoms with E-state index in [1.165, 1.54) is 0 Å². The van der Waals surface area contributed by atoms with Gasteiger partial charge in [0, 0.05) is 31.3 Å². The number of carbonyl (C=O) groups is 3. The van der Waals surface area contributed by atoms with E-state index in [9.17, 15) is 14.4 Å². The Morgan fingerprint density at radius 3 is 2.86 bits per heavy atom. The second kappa shape index (κ2) is 8.16. The van der Waals surface area contributed by atoms with E-state index in [1.54, 1.807) is 4.90 Å². The van der Waals surface area contributed by atoms with Gasteiger partial charge < -0.3 is 15.2 Å². The summed E-state index contributed by atoms with van der Waals surface area (Å²) in [6.45, 7) is 1.92. The first-order valence-corrected chi connectivity index (χ1v) is 10.0. The molecule has 0 aliphatic carbocycles. The van der Waals surface area contributed by atoms with E-state index in [1.807, 2.05) is 35.3 Å². The van der Waals surface area contributed by atoms with Gasteiger partial charge in [0.25, 0.3) is 5.91 Å². The average molecular weight is 395 g/mol. The van der Waals surface area contributed by atoms with Crippen molar-refractivity contribution in [1.29, 1.82) is 0 Å². The molecule has 1 atom stereocenters. The standard InChI is InChI=1S/C21H25N5O3/c22-9-2-10-25-11-15(23-13-25)6-5-14-3-1-4-16-17(14)12-26(21(16)29)18-7-8-19(27)24-20(18)28/h1,3-4,11,13,18H,2,5-10,12,22H2,(H,24,27,28). The number of rotatable bonds is 7. The van der Waals surface area contributed by atoms with E-state index in [0.717, 1.165) is 42.6 Å². The van der Waals surface area contributed by atoms with E-state index >= 15 is 0 Å². The molecule has 0 radical (unpaired) electrons. The minimum Gasteiger partial charge on any atom is -0.337 e. The molecule has 4 rings (SSSR count). The SMILES string of the molecule is NCCCn1cnc(CCc2cccc3c2CN(C2CCC(=O)NC2=O)C3=O)c1. The minimum atomic E-state index is -0.585. The molecule has 1 saturated heterocycles. The summed E-state index contributed by atoms with van der Waals surface area (Å²) in [4.78, 5) is 42.6. The van der Waals surface area contributed by atoms with Crippen LogP contribution in [0.1, 0.15) is 46.4 Å². The van der Waals surface area contributed by atoms with Crippen molar-refractivity contribution in [3.8, 4) is 0 Å². The molecule has 2 aromatic rings. The maximum absolute atomic E-state index is 12.9. The number of amides is 3. The Balaban J connectivity index is 1.46. The van der Waals surface area contributed by atoms with Crippen LogP contribution in [0.25, 0.3) is 0 Å². The molecule has 0 spiro atoms. The van der Waals surface area contributed by atoms with Crippen molar-refractivity contribution in [2.24, 2.45) is 5.73 Å². The highest BCUT2D eigenvalue weighted by Crippen LogP contribution is 2.30. The number of piperidine rings is 1. The summed E-state index contributed by atoms with van der Waals surface area (Å²) in [6, 6.07) is 5.15. The number of imidazole rings is 1. The number of hydrogen-bond donors (Lipinski definition) is 2. The van der Waals surface area contributed by atoms with Crippen LogP contribution in [0.5, 0.6) is 0 Å². The summed E-state index contributed by atoms with van der Waals surface area (Å²) in [5.41, 5.74) is 9.29. The molecular weight excluding hydrogens is 370 g/mol. The maximum atomic E-state index is 12.9. The molecule has 3 N–H and O–H groups in total. The molecule has 8 heteroatoms. The topological polar surface area (TPSA) is 110 Å². The van der Waals surface area contributed by atoms with Crippen molar-refractivity contribution in [1.82, 2.24) is 19.8 Å². The fourth-order valence-electron chi connectivity index (χ4n) is 4.08. The van der Waals surface area contributed by atoms with E-state index in [-0.39, 0.29) is 24.1 Å². The van der Waals surface area contributed by atoms with Gasteiger partial charge in [-0.2, -0.15) is 0 Å². The zero-order valence-electron chi connectivity index (χ0n) is 16.3. The highest BCUT2D eigenvalue weighted by atomic mass is 16.2. The normalized spacial score (nSPS) is 18.9. The van der Waals surface area contributed by atoms with Gasteiger partial charge in [-0.25, -0.2) is 4.98 Å². The first-order chi connectivity index (χ1) is 14.1. The fraction of sp³-hybridized carbons (Fsp3) is 0.429. The van der Waals surface area contributed by atoms with E-state index in [2.05, 4.69) is 10.3 Å². The summed E-state index contributed by atoms with van der Waals surface area (Å²) < 4.78 is 2.05. The van der Waals surface area contributed by atoms with Gasteiger partial charge in [-0.1, -0.05) is 12.1 Å². The third-order valence-corrected chi connectivity index (χ3v) is 5.64. The molecule has 0 saturated carbocycles. The lowest BCUT2D eigenvalue weighted by Crippen LogP contribution is -2.52.